The second-order valence-electron chi connectivity index (χ2n) is 3.09. The molecule has 1 aromatic heterocycles. The molecule has 0 saturated heterocycles. The van der Waals surface area contributed by atoms with Crippen molar-refractivity contribution in [3.63, 3.8) is 0 Å². The molecule has 0 amide bonds. The van der Waals surface area contributed by atoms with Crippen molar-refractivity contribution in [2.45, 2.75) is 6.54 Å². The monoisotopic (exact) mass is 241 g/mol. The number of hydrogen-bond acceptors (Lipinski definition) is 4. The Balaban J connectivity index is 2.17. The number of nitrogens with zero attached hydrogens (tertiary/aromatic N) is 1. The molecule has 0 unspecified atom stereocenters. The highest BCUT2D eigenvalue weighted by atomic mass is 32.1. The highest BCUT2D eigenvalue weighted by molar-refractivity contribution is 7.15. The lowest BCUT2D eigenvalue weighted by Gasteiger charge is -2.02. The Morgan fingerprint density at radius 1 is 1.31 bits per heavy atom. The van der Waals surface area contributed by atoms with Crippen LogP contribution in [0.4, 0.5) is 19.6 Å². The van der Waals surface area contributed by atoms with Gasteiger partial charge in [0.1, 0.15) is 0 Å². The zero-order chi connectivity index (χ0) is 11.5. The highest BCUT2D eigenvalue weighted by Crippen LogP contribution is 2.23. The van der Waals surface area contributed by atoms with Crippen molar-refractivity contribution in [2.24, 2.45) is 5.73 Å². The van der Waals surface area contributed by atoms with Gasteiger partial charge in [-0.2, -0.15) is 0 Å². The standard InChI is InChI=1S/C10H9F2N3S/c11-8-2-1-6(3-9(8)12)15-10-14-5-7(4-13)16-10/h1-3,5H,4,13H2,(H,14,15). The number of benzene rings is 1. The molecule has 2 aromatic rings. The molecular formula is C10H9F2N3S. The lowest BCUT2D eigenvalue weighted by Crippen LogP contribution is -1.92. The number of nitrogens with two attached hydrogens (primary N) is 1. The van der Waals surface area contributed by atoms with Gasteiger partial charge in [-0.15, -0.1) is 11.3 Å². The second-order valence-corrected chi connectivity index (χ2v) is 4.20. The van der Waals surface area contributed by atoms with Gasteiger partial charge in [0.05, 0.1) is 0 Å². The number of aromatic nitrogens is 1. The van der Waals surface area contributed by atoms with Gasteiger partial charge < -0.3 is 11.1 Å². The van der Waals surface area contributed by atoms with Crippen molar-refractivity contribution in [1.29, 1.82) is 0 Å². The fourth-order valence-electron chi connectivity index (χ4n) is 1.16. The van der Waals surface area contributed by atoms with E-state index in [4.69, 9.17) is 5.73 Å². The average molecular weight is 241 g/mol. The number of rotatable bonds is 3. The van der Waals surface area contributed by atoms with Crippen molar-refractivity contribution in [3.05, 3.63) is 40.9 Å². The van der Waals surface area contributed by atoms with Gasteiger partial charge >= 0.3 is 0 Å². The summed E-state index contributed by atoms with van der Waals surface area (Å²) in [5.74, 6) is -1.76. The Hall–Kier alpha value is -1.53. The van der Waals surface area contributed by atoms with Crippen molar-refractivity contribution in [3.8, 4) is 0 Å². The third-order valence-corrected chi connectivity index (χ3v) is 2.86. The van der Waals surface area contributed by atoms with Crippen LogP contribution in [0.5, 0.6) is 0 Å². The summed E-state index contributed by atoms with van der Waals surface area (Å²) in [7, 11) is 0. The fraction of sp³-hybridized carbons (Fsp3) is 0.100. The predicted octanol–water partition coefficient (Wildman–Crippen LogP) is 2.62. The van der Waals surface area contributed by atoms with E-state index >= 15 is 0 Å². The van der Waals surface area contributed by atoms with Crippen LogP contribution in [0.1, 0.15) is 4.88 Å². The molecule has 1 aromatic carbocycles. The Labute approximate surface area is 94.9 Å². The van der Waals surface area contributed by atoms with E-state index in [1.807, 2.05) is 0 Å². The lowest BCUT2D eigenvalue weighted by molar-refractivity contribution is 0.509. The van der Waals surface area contributed by atoms with E-state index in [9.17, 15) is 8.78 Å². The molecule has 0 atom stereocenters. The summed E-state index contributed by atoms with van der Waals surface area (Å²) in [6, 6.07) is 3.59. The first-order valence-corrected chi connectivity index (χ1v) is 5.37. The maximum absolute atomic E-state index is 12.9. The minimum absolute atomic E-state index is 0.414. The van der Waals surface area contributed by atoms with E-state index in [1.54, 1.807) is 6.20 Å². The topological polar surface area (TPSA) is 50.9 Å². The number of halogens is 2. The highest BCUT2D eigenvalue weighted by Gasteiger charge is 2.04. The zero-order valence-corrected chi connectivity index (χ0v) is 9.02. The molecule has 1 heterocycles. The minimum atomic E-state index is -0.888. The third kappa shape index (κ3) is 2.34. The SMILES string of the molecule is NCc1cnc(Nc2ccc(F)c(F)c2)s1. The minimum Gasteiger partial charge on any atom is -0.331 e. The van der Waals surface area contributed by atoms with Crippen LogP contribution < -0.4 is 11.1 Å². The molecule has 16 heavy (non-hydrogen) atoms. The molecule has 0 aliphatic rings. The maximum atomic E-state index is 12.9. The number of hydrogen-bond donors (Lipinski definition) is 2. The van der Waals surface area contributed by atoms with Gasteiger partial charge in [-0.05, 0) is 12.1 Å². The Morgan fingerprint density at radius 2 is 2.12 bits per heavy atom. The van der Waals surface area contributed by atoms with Gasteiger partial charge in [0.2, 0.25) is 0 Å². The molecule has 6 heteroatoms. The molecule has 0 radical (unpaired) electrons. The van der Waals surface area contributed by atoms with Crippen LogP contribution in [0, 0.1) is 11.6 Å². The first-order valence-electron chi connectivity index (χ1n) is 4.56. The van der Waals surface area contributed by atoms with Gasteiger partial charge in [0.15, 0.2) is 16.8 Å². The zero-order valence-electron chi connectivity index (χ0n) is 8.21. The maximum Gasteiger partial charge on any atom is 0.187 e. The molecule has 0 aliphatic carbocycles. The molecular weight excluding hydrogens is 232 g/mol. The van der Waals surface area contributed by atoms with Crippen molar-refractivity contribution < 1.29 is 8.78 Å². The van der Waals surface area contributed by atoms with Crippen LogP contribution in [0.15, 0.2) is 24.4 Å². The summed E-state index contributed by atoms with van der Waals surface area (Å²) < 4.78 is 25.6. The number of anilines is 2. The summed E-state index contributed by atoms with van der Waals surface area (Å²) in [6.45, 7) is 0.414. The fourth-order valence-corrected chi connectivity index (χ4v) is 1.87. The quantitative estimate of drug-likeness (QED) is 0.868. The van der Waals surface area contributed by atoms with Crippen LogP contribution in [0.3, 0.4) is 0 Å². The first kappa shape index (κ1) is 11.0. The van der Waals surface area contributed by atoms with Gasteiger partial charge in [0, 0.05) is 29.4 Å². The molecule has 3 nitrogen and oxygen atoms in total. The normalized spacial score (nSPS) is 10.4. The second kappa shape index (κ2) is 4.54. The van der Waals surface area contributed by atoms with Crippen LogP contribution in [0.25, 0.3) is 0 Å². The lowest BCUT2D eigenvalue weighted by atomic mass is 10.3. The van der Waals surface area contributed by atoms with Crippen LogP contribution >= 0.6 is 11.3 Å². The van der Waals surface area contributed by atoms with Crippen LogP contribution in [-0.4, -0.2) is 4.98 Å². The molecule has 84 valence electrons. The van der Waals surface area contributed by atoms with E-state index in [0.717, 1.165) is 17.0 Å². The molecule has 0 saturated carbocycles. The molecule has 0 aliphatic heterocycles. The average Bonchev–Trinajstić information content (AvgIpc) is 2.71. The summed E-state index contributed by atoms with van der Waals surface area (Å²) in [5.41, 5.74) is 5.89. The predicted molar refractivity (Wildman–Crippen MR) is 59.6 cm³/mol. The van der Waals surface area contributed by atoms with E-state index in [-0.39, 0.29) is 0 Å². The molecule has 0 spiro atoms. The smallest absolute Gasteiger partial charge is 0.187 e. The molecule has 0 fully saturated rings. The van der Waals surface area contributed by atoms with Crippen molar-refractivity contribution in [1.82, 2.24) is 4.98 Å². The van der Waals surface area contributed by atoms with Gasteiger partial charge in [-0.3, -0.25) is 0 Å². The van der Waals surface area contributed by atoms with E-state index in [0.29, 0.717) is 17.4 Å². The third-order valence-electron chi connectivity index (χ3n) is 1.93. The largest absolute Gasteiger partial charge is 0.331 e. The van der Waals surface area contributed by atoms with Crippen LogP contribution in [0.2, 0.25) is 0 Å². The van der Waals surface area contributed by atoms with E-state index in [2.05, 4.69) is 10.3 Å². The molecule has 0 bridgehead atoms. The van der Waals surface area contributed by atoms with E-state index < -0.39 is 11.6 Å². The summed E-state index contributed by atoms with van der Waals surface area (Å²) in [4.78, 5) is 4.97. The van der Waals surface area contributed by atoms with Crippen molar-refractivity contribution >= 4 is 22.2 Å². The van der Waals surface area contributed by atoms with E-state index in [1.165, 1.54) is 17.4 Å². The first-order chi connectivity index (χ1) is 7.69. The molecule has 3 N–H and O–H groups in total. The van der Waals surface area contributed by atoms with Crippen LogP contribution in [-0.2, 0) is 6.54 Å². The van der Waals surface area contributed by atoms with Crippen molar-refractivity contribution in [2.75, 3.05) is 5.32 Å². The summed E-state index contributed by atoms with van der Waals surface area (Å²) in [5, 5.41) is 3.48. The number of thiazole rings is 1. The Morgan fingerprint density at radius 3 is 2.75 bits per heavy atom. The van der Waals surface area contributed by atoms with Gasteiger partial charge in [-0.1, -0.05) is 0 Å². The Kier molecular flexibility index (Phi) is 3.12. The van der Waals surface area contributed by atoms with Gasteiger partial charge in [0.25, 0.3) is 0 Å². The summed E-state index contributed by atoms with van der Waals surface area (Å²) >= 11 is 1.37. The molecule has 2 rings (SSSR count). The summed E-state index contributed by atoms with van der Waals surface area (Å²) in [6.07, 6.45) is 1.65. The number of nitrogens with one attached hydrogen (secondary N) is 1. The Bertz CT molecular complexity index is 499. The van der Waals surface area contributed by atoms with Gasteiger partial charge in [-0.25, -0.2) is 13.8 Å².